The number of carbonyl (C=O) groups is 2. The van der Waals surface area contributed by atoms with Crippen molar-refractivity contribution in [1.82, 2.24) is 9.88 Å². The van der Waals surface area contributed by atoms with Gasteiger partial charge in [0.15, 0.2) is 0 Å². The molecule has 1 amide bonds. The van der Waals surface area contributed by atoms with Gasteiger partial charge in [-0.2, -0.15) is 5.26 Å². The number of rotatable bonds is 5. The minimum absolute atomic E-state index is 0.0275. The Balaban J connectivity index is 1.99. The molecule has 10 heteroatoms. The van der Waals surface area contributed by atoms with Crippen molar-refractivity contribution in [2.75, 3.05) is 7.11 Å². The Morgan fingerprint density at radius 1 is 1.26 bits per heavy atom. The van der Waals surface area contributed by atoms with Crippen LogP contribution in [0.1, 0.15) is 17.0 Å². The van der Waals surface area contributed by atoms with E-state index < -0.39 is 29.2 Å². The zero-order valence-corrected chi connectivity index (χ0v) is 19.3. The predicted molar refractivity (Wildman–Crippen MR) is 128 cm³/mol. The Bertz CT molecular complexity index is 1580. The van der Waals surface area contributed by atoms with Crippen LogP contribution in [0.2, 0.25) is 0 Å². The van der Waals surface area contributed by atoms with E-state index in [2.05, 4.69) is 10.1 Å². The highest BCUT2D eigenvalue weighted by Gasteiger charge is 2.35. The molecule has 1 aliphatic heterocycles. The maximum absolute atomic E-state index is 14.1. The highest BCUT2D eigenvalue weighted by Crippen LogP contribution is 2.36. The first-order chi connectivity index (χ1) is 16.8. The molecule has 176 valence electrons. The molecule has 0 spiro atoms. The number of hydrogen-bond donors (Lipinski definition) is 2. The molecule has 3 N–H and O–H groups in total. The van der Waals surface area contributed by atoms with E-state index in [1.165, 1.54) is 25.3 Å². The average molecular weight is 491 g/mol. The molecular formula is C25H19FN4O4S. The zero-order chi connectivity index (χ0) is 25.1. The van der Waals surface area contributed by atoms with Gasteiger partial charge in [-0.25, -0.2) is 9.18 Å². The van der Waals surface area contributed by atoms with Crippen molar-refractivity contribution in [3.8, 4) is 6.07 Å². The summed E-state index contributed by atoms with van der Waals surface area (Å²) >= 11 is 0.862. The lowest BCUT2D eigenvalue weighted by Crippen LogP contribution is -2.42. The summed E-state index contributed by atoms with van der Waals surface area (Å²) in [6, 6.07) is 16.6. The summed E-state index contributed by atoms with van der Waals surface area (Å²) in [5.41, 5.74) is 6.67. The van der Waals surface area contributed by atoms with Crippen molar-refractivity contribution in [2.45, 2.75) is 12.5 Å². The van der Waals surface area contributed by atoms with Crippen molar-refractivity contribution >= 4 is 40.7 Å². The van der Waals surface area contributed by atoms with Gasteiger partial charge in [0.25, 0.3) is 11.5 Å². The van der Waals surface area contributed by atoms with Crippen LogP contribution in [0.25, 0.3) is 17.5 Å². The van der Waals surface area contributed by atoms with Crippen molar-refractivity contribution in [2.24, 2.45) is 5.73 Å². The molecule has 3 aromatic rings. The topological polar surface area (TPSA) is 127 Å². The molecule has 1 aromatic heterocycles. The molecule has 2 aromatic carbocycles. The van der Waals surface area contributed by atoms with Crippen molar-refractivity contribution < 1.29 is 18.7 Å². The number of carbonyl (C=O) groups excluding carboxylic acids is 2. The number of esters is 1. The number of hydrogen-bond acceptors (Lipinski definition) is 7. The summed E-state index contributed by atoms with van der Waals surface area (Å²) < 4.78 is 19.9. The molecule has 0 fully saturated rings. The lowest BCUT2D eigenvalue weighted by molar-refractivity contribution is -0.133. The van der Waals surface area contributed by atoms with Crippen LogP contribution >= 0.6 is 11.3 Å². The van der Waals surface area contributed by atoms with Gasteiger partial charge in [0, 0.05) is 12.6 Å². The number of nitrogens with two attached hydrogens (primary N) is 1. The number of fused-ring (bicyclic) bond motifs is 1. The maximum atomic E-state index is 14.1. The van der Waals surface area contributed by atoms with E-state index in [-0.39, 0.29) is 32.7 Å². The molecule has 0 saturated carbocycles. The van der Waals surface area contributed by atoms with Gasteiger partial charge in [-0.1, -0.05) is 42.5 Å². The summed E-state index contributed by atoms with van der Waals surface area (Å²) in [6.07, 6.45) is 0.994. The Labute approximate surface area is 202 Å². The molecule has 8 nitrogen and oxygen atoms in total. The molecule has 0 radical (unpaired) electrons. The van der Waals surface area contributed by atoms with Crippen LogP contribution in [-0.2, 0) is 20.9 Å². The van der Waals surface area contributed by atoms with Gasteiger partial charge < -0.3 is 15.8 Å². The molecule has 0 saturated heterocycles. The van der Waals surface area contributed by atoms with Gasteiger partial charge in [-0.3, -0.25) is 14.2 Å². The fourth-order valence-electron chi connectivity index (χ4n) is 3.83. The zero-order valence-electron chi connectivity index (χ0n) is 18.4. The highest BCUT2D eigenvalue weighted by atomic mass is 32.1. The summed E-state index contributed by atoms with van der Waals surface area (Å²) in [5.74, 6) is -3.11. The van der Waals surface area contributed by atoms with Gasteiger partial charge in [-0.05, 0) is 23.3 Å². The summed E-state index contributed by atoms with van der Waals surface area (Å²) in [4.78, 5) is 38.4. The third-order valence-electron chi connectivity index (χ3n) is 5.44. The van der Waals surface area contributed by atoms with E-state index in [1.54, 1.807) is 6.07 Å². The van der Waals surface area contributed by atoms with Crippen LogP contribution in [0, 0.1) is 17.1 Å². The van der Waals surface area contributed by atoms with Crippen LogP contribution in [-0.4, -0.2) is 23.6 Å². The van der Waals surface area contributed by atoms with Crippen LogP contribution in [0.5, 0.6) is 0 Å². The van der Waals surface area contributed by atoms with Crippen molar-refractivity contribution in [3.05, 3.63) is 96.7 Å². The minimum atomic E-state index is -1.03. The fraction of sp³-hybridized carbons (Fsp3) is 0.120. The second-order valence-electron chi connectivity index (χ2n) is 7.56. The maximum Gasteiger partial charge on any atom is 0.332 e. The van der Waals surface area contributed by atoms with E-state index in [0.717, 1.165) is 27.5 Å². The number of nitriles is 1. The van der Waals surface area contributed by atoms with E-state index >= 15 is 0 Å². The largest absolute Gasteiger partial charge is 0.466 e. The van der Waals surface area contributed by atoms with E-state index in [4.69, 9.17) is 5.73 Å². The van der Waals surface area contributed by atoms with E-state index in [1.807, 2.05) is 36.4 Å². The monoisotopic (exact) mass is 490 g/mol. The number of nitrogens with one attached hydrogen (secondary N) is 1. The van der Waals surface area contributed by atoms with Gasteiger partial charge in [-0.15, -0.1) is 11.3 Å². The molecule has 35 heavy (non-hydrogen) atoms. The summed E-state index contributed by atoms with van der Waals surface area (Å²) in [5, 5.41) is 12.8. The van der Waals surface area contributed by atoms with Gasteiger partial charge in [0.2, 0.25) is 0 Å². The lowest BCUT2D eigenvalue weighted by atomic mass is 9.83. The molecule has 0 bridgehead atoms. The lowest BCUT2D eigenvalue weighted by Gasteiger charge is -2.25. The number of amides is 1. The Morgan fingerprint density at radius 3 is 2.66 bits per heavy atom. The molecular weight excluding hydrogens is 471 g/mol. The normalized spacial score (nSPS) is 15.4. The Hall–Kier alpha value is -4.49. The van der Waals surface area contributed by atoms with Crippen LogP contribution in [0.4, 0.5) is 4.39 Å². The molecule has 0 unspecified atom stereocenters. The number of benzene rings is 2. The molecule has 4 rings (SSSR count). The summed E-state index contributed by atoms with van der Waals surface area (Å²) in [6.45, 7) is 0.177. The van der Waals surface area contributed by atoms with Crippen molar-refractivity contribution in [1.29, 1.82) is 5.26 Å². The van der Waals surface area contributed by atoms with Gasteiger partial charge in [0.1, 0.15) is 20.8 Å². The number of halogens is 1. The number of nitrogens with zero attached hydrogens (tertiary/aromatic N) is 2. The second-order valence-corrected chi connectivity index (χ2v) is 8.59. The number of thiazole rings is 1. The molecule has 1 aliphatic rings. The van der Waals surface area contributed by atoms with Crippen LogP contribution < -0.4 is 25.8 Å². The first kappa shape index (κ1) is 23.7. The Kier molecular flexibility index (Phi) is 6.62. The van der Waals surface area contributed by atoms with E-state index in [0.29, 0.717) is 5.56 Å². The molecule has 0 aliphatic carbocycles. The van der Waals surface area contributed by atoms with Crippen LogP contribution in [0.3, 0.4) is 0 Å². The highest BCUT2D eigenvalue weighted by molar-refractivity contribution is 7.07. The van der Waals surface area contributed by atoms with Gasteiger partial charge >= 0.3 is 5.97 Å². The number of aromatic nitrogens is 1. The average Bonchev–Trinajstić information content (AvgIpc) is 3.18. The summed E-state index contributed by atoms with van der Waals surface area (Å²) in [7, 11) is 1.17. The third kappa shape index (κ3) is 4.49. The van der Waals surface area contributed by atoms with Crippen molar-refractivity contribution in [3.63, 3.8) is 0 Å². The van der Waals surface area contributed by atoms with E-state index in [9.17, 15) is 24.0 Å². The minimum Gasteiger partial charge on any atom is -0.466 e. The predicted octanol–water partition coefficient (Wildman–Crippen LogP) is 0.918. The first-order valence-electron chi connectivity index (χ1n) is 10.4. The smallest absolute Gasteiger partial charge is 0.332 e. The SMILES string of the molecule is COC(=O)/C=c1\sc2n(c1=O)C(N)=C(C#N)[C@@H](c1cccc(F)c1)C=2C(=O)NCc1ccccc1. The second kappa shape index (κ2) is 9.79. The quantitative estimate of drug-likeness (QED) is 0.512. The van der Waals surface area contributed by atoms with Crippen LogP contribution in [0.15, 0.2) is 65.0 Å². The third-order valence-corrected chi connectivity index (χ3v) is 6.55. The number of methoxy groups -OCH3 is 1. The Morgan fingerprint density at radius 2 is 2.00 bits per heavy atom. The molecule has 2 heterocycles. The fourth-order valence-corrected chi connectivity index (χ4v) is 4.96. The first-order valence-corrected chi connectivity index (χ1v) is 11.2. The van der Waals surface area contributed by atoms with Gasteiger partial charge in [0.05, 0.1) is 30.2 Å². The standard InChI is InChI=1S/C25H19FN4O4S/c1-34-19(31)11-18-24(33)30-22(28)17(12-27)20(15-8-5-9-16(26)10-15)21(25(30)35-18)23(32)29-13-14-6-3-2-4-7-14/h2-11,20H,13,28H2,1H3,(H,29,32)/b18-11-/t20-/m1/s1. The molecule has 1 atom stereocenters. The number of allylic oxidation sites excluding steroid dienone is 1. The number of ether oxygens (including phenoxy) is 1.